The van der Waals surface area contributed by atoms with Crippen LogP contribution in [0.15, 0.2) is 47.3 Å². The lowest BCUT2D eigenvalue weighted by Gasteiger charge is -2.21. The summed E-state index contributed by atoms with van der Waals surface area (Å²) in [6.45, 7) is 3.18. The van der Waals surface area contributed by atoms with Crippen LogP contribution in [0.2, 0.25) is 0 Å². The van der Waals surface area contributed by atoms with Gasteiger partial charge in [-0.3, -0.25) is 4.79 Å². The Kier molecular flexibility index (Phi) is 5.72. The van der Waals surface area contributed by atoms with Gasteiger partial charge in [0.2, 0.25) is 0 Å². The minimum Gasteiger partial charge on any atom is -0.326 e. The number of nitrogens with zero attached hydrogens (tertiary/aromatic N) is 3. The van der Waals surface area contributed by atoms with Crippen molar-refractivity contribution in [3.05, 3.63) is 68.6 Å². The molecule has 0 saturated carbocycles. The predicted molar refractivity (Wildman–Crippen MR) is 98.2 cm³/mol. The summed E-state index contributed by atoms with van der Waals surface area (Å²) >= 11 is 3.13. The van der Waals surface area contributed by atoms with Gasteiger partial charge in [0.05, 0.1) is 11.6 Å². The molecule has 3 rings (SSSR count). The molecule has 0 N–H and O–H groups in total. The van der Waals surface area contributed by atoms with Crippen molar-refractivity contribution in [2.24, 2.45) is 0 Å². The maximum absolute atomic E-state index is 12.9. The molecule has 1 aromatic carbocycles. The minimum absolute atomic E-state index is 0.0346. The van der Waals surface area contributed by atoms with E-state index >= 15 is 0 Å². The van der Waals surface area contributed by atoms with Gasteiger partial charge in [0.15, 0.2) is 0 Å². The van der Waals surface area contributed by atoms with Gasteiger partial charge in [-0.2, -0.15) is 0 Å². The predicted octanol–water partition coefficient (Wildman–Crippen LogP) is 4.39. The number of rotatable bonds is 7. The first-order valence-electron chi connectivity index (χ1n) is 7.92. The van der Waals surface area contributed by atoms with Crippen molar-refractivity contribution in [2.45, 2.75) is 32.9 Å². The summed E-state index contributed by atoms with van der Waals surface area (Å²) in [6, 6.07) is 10.0. The van der Waals surface area contributed by atoms with Gasteiger partial charge >= 0.3 is 0 Å². The number of aromatic nitrogens is 2. The number of carbonyl (C=O) groups excluding carboxylic acids is 1. The number of hydrogen-bond donors (Lipinski definition) is 0. The molecule has 6 heteroatoms. The molecule has 0 bridgehead atoms. The summed E-state index contributed by atoms with van der Waals surface area (Å²) in [7, 11) is 0. The SMILES string of the molecule is CCCc1nc(C(=O)N(Cc2ccccc2)Cc2nccs2)cs1. The smallest absolute Gasteiger partial charge is 0.274 e. The molecule has 0 spiro atoms. The molecule has 0 saturated heterocycles. The topological polar surface area (TPSA) is 46.1 Å². The Labute approximate surface area is 149 Å². The van der Waals surface area contributed by atoms with Crippen LogP contribution < -0.4 is 0 Å². The van der Waals surface area contributed by atoms with Crippen LogP contribution in [0.1, 0.15) is 39.4 Å². The summed E-state index contributed by atoms with van der Waals surface area (Å²) in [6.07, 6.45) is 3.73. The fourth-order valence-corrected chi connectivity index (χ4v) is 3.90. The number of benzene rings is 1. The summed E-state index contributed by atoms with van der Waals surface area (Å²) in [5.74, 6) is -0.0346. The van der Waals surface area contributed by atoms with Crippen LogP contribution >= 0.6 is 22.7 Å². The Balaban J connectivity index is 1.80. The average Bonchev–Trinajstić information content (AvgIpc) is 3.27. The summed E-state index contributed by atoms with van der Waals surface area (Å²) in [5.41, 5.74) is 1.64. The van der Waals surface area contributed by atoms with Crippen molar-refractivity contribution in [1.82, 2.24) is 14.9 Å². The second-order valence-electron chi connectivity index (χ2n) is 5.45. The molecule has 0 aliphatic heterocycles. The monoisotopic (exact) mass is 357 g/mol. The first-order valence-corrected chi connectivity index (χ1v) is 9.68. The maximum Gasteiger partial charge on any atom is 0.274 e. The summed E-state index contributed by atoms with van der Waals surface area (Å²) in [4.78, 5) is 23.6. The van der Waals surface area contributed by atoms with Crippen LogP contribution in [0.3, 0.4) is 0 Å². The fourth-order valence-electron chi connectivity index (χ4n) is 2.40. The highest BCUT2D eigenvalue weighted by Gasteiger charge is 2.20. The quantitative estimate of drug-likeness (QED) is 0.630. The molecule has 0 fully saturated rings. The van der Waals surface area contributed by atoms with Crippen LogP contribution in [0.5, 0.6) is 0 Å². The molecular formula is C18H19N3OS2. The summed E-state index contributed by atoms with van der Waals surface area (Å²) < 4.78 is 0. The Morgan fingerprint density at radius 1 is 1.12 bits per heavy atom. The Bertz CT molecular complexity index is 769. The molecule has 2 heterocycles. The highest BCUT2D eigenvalue weighted by molar-refractivity contribution is 7.10. The first-order chi connectivity index (χ1) is 11.8. The van der Waals surface area contributed by atoms with E-state index in [2.05, 4.69) is 16.9 Å². The van der Waals surface area contributed by atoms with Crippen molar-refractivity contribution >= 4 is 28.6 Å². The molecule has 0 unspecified atom stereocenters. The molecule has 0 atom stereocenters. The standard InChI is InChI=1S/C18H19N3OS2/c1-2-6-16-20-15(13-24-16)18(22)21(12-17-19-9-10-23-17)11-14-7-4-3-5-8-14/h3-5,7-10,13H,2,6,11-12H2,1H3. The molecule has 0 aliphatic carbocycles. The highest BCUT2D eigenvalue weighted by Crippen LogP contribution is 2.18. The maximum atomic E-state index is 12.9. The van der Waals surface area contributed by atoms with Gasteiger partial charge in [-0.25, -0.2) is 9.97 Å². The van der Waals surface area contributed by atoms with E-state index in [1.807, 2.05) is 46.0 Å². The van der Waals surface area contributed by atoms with Crippen LogP contribution in [-0.2, 0) is 19.5 Å². The van der Waals surface area contributed by atoms with Crippen molar-refractivity contribution in [3.63, 3.8) is 0 Å². The fraction of sp³-hybridized carbons (Fsp3) is 0.278. The highest BCUT2D eigenvalue weighted by atomic mass is 32.1. The molecule has 2 aromatic heterocycles. The zero-order valence-electron chi connectivity index (χ0n) is 13.5. The lowest BCUT2D eigenvalue weighted by Crippen LogP contribution is -2.30. The zero-order chi connectivity index (χ0) is 16.8. The van der Waals surface area contributed by atoms with Crippen LogP contribution in [0.4, 0.5) is 0 Å². The second kappa shape index (κ2) is 8.17. The molecule has 3 aromatic rings. The van der Waals surface area contributed by atoms with Crippen molar-refractivity contribution < 1.29 is 4.79 Å². The normalized spacial score (nSPS) is 10.7. The molecule has 4 nitrogen and oxygen atoms in total. The van der Waals surface area contributed by atoms with Gasteiger partial charge in [-0.1, -0.05) is 37.3 Å². The lowest BCUT2D eigenvalue weighted by molar-refractivity contribution is 0.0724. The molecule has 0 aliphatic rings. The number of hydrogen-bond acceptors (Lipinski definition) is 5. The van der Waals surface area contributed by atoms with E-state index in [9.17, 15) is 4.79 Å². The van der Waals surface area contributed by atoms with Gasteiger partial charge in [-0.15, -0.1) is 22.7 Å². The van der Waals surface area contributed by atoms with E-state index in [0.29, 0.717) is 18.8 Å². The molecule has 24 heavy (non-hydrogen) atoms. The Morgan fingerprint density at radius 3 is 2.67 bits per heavy atom. The lowest BCUT2D eigenvalue weighted by atomic mass is 10.2. The van der Waals surface area contributed by atoms with Crippen molar-refractivity contribution in [2.75, 3.05) is 0 Å². The third-order valence-electron chi connectivity index (χ3n) is 3.55. The first kappa shape index (κ1) is 16.8. The molecule has 0 radical (unpaired) electrons. The summed E-state index contributed by atoms with van der Waals surface area (Å²) in [5, 5.41) is 5.76. The number of thiazole rings is 2. The third-order valence-corrected chi connectivity index (χ3v) is 5.22. The average molecular weight is 358 g/mol. The molecule has 1 amide bonds. The van der Waals surface area contributed by atoms with Gasteiger partial charge < -0.3 is 4.90 Å². The Morgan fingerprint density at radius 2 is 1.96 bits per heavy atom. The minimum atomic E-state index is -0.0346. The van der Waals surface area contributed by atoms with Crippen LogP contribution in [0, 0.1) is 0 Å². The van der Waals surface area contributed by atoms with Crippen molar-refractivity contribution in [3.8, 4) is 0 Å². The third kappa shape index (κ3) is 4.27. The van der Waals surface area contributed by atoms with Crippen LogP contribution in [-0.4, -0.2) is 20.8 Å². The van der Waals surface area contributed by atoms with E-state index < -0.39 is 0 Å². The van der Waals surface area contributed by atoms with Crippen molar-refractivity contribution in [1.29, 1.82) is 0 Å². The van der Waals surface area contributed by atoms with E-state index in [1.165, 1.54) is 0 Å². The second-order valence-corrected chi connectivity index (χ2v) is 7.37. The largest absolute Gasteiger partial charge is 0.326 e. The van der Waals surface area contributed by atoms with Gasteiger partial charge in [0.25, 0.3) is 5.91 Å². The van der Waals surface area contributed by atoms with E-state index in [1.54, 1.807) is 28.9 Å². The van der Waals surface area contributed by atoms with Gasteiger partial charge in [0.1, 0.15) is 10.7 Å². The van der Waals surface area contributed by atoms with Gasteiger partial charge in [-0.05, 0) is 18.4 Å². The van der Waals surface area contributed by atoms with E-state index in [4.69, 9.17) is 0 Å². The molecular weight excluding hydrogens is 338 g/mol. The van der Waals surface area contributed by atoms with Crippen LogP contribution in [0.25, 0.3) is 0 Å². The number of aryl methyl sites for hydroxylation is 1. The van der Waals surface area contributed by atoms with E-state index in [-0.39, 0.29) is 5.91 Å². The van der Waals surface area contributed by atoms with E-state index in [0.717, 1.165) is 28.4 Å². The number of amides is 1. The molecule has 124 valence electrons. The zero-order valence-corrected chi connectivity index (χ0v) is 15.1. The van der Waals surface area contributed by atoms with Gasteiger partial charge in [0, 0.05) is 23.5 Å². The Hall–Kier alpha value is -2.05. The number of carbonyl (C=O) groups is 1.